The lowest BCUT2D eigenvalue weighted by Gasteiger charge is -2.05. The van der Waals surface area contributed by atoms with Crippen molar-refractivity contribution in [2.24, 2.45) is 0 Å². The van der Waals surface area contributed by atoms with E-state index in [0.717, 1.165) is 17.2 Å². The molecule has 0 aliphatic carbocycles. The Labute approximate surface area is 81.8 Å². The van der Waals surface area contributed by atoms with Gasteiger partial charge < -0.3 is 16.6 Å². The molecule has 0 aliphatic rings. The van der Waals surface area contributed by atoms with E-state index in [9.17, 15) is 4.79 Å². The topological polar surface area (TPSA) is 89.3 Å². The predicted molar refractivity (Wildman–Crippen MR) is 56.7 cm³/mol. The van der Waals surface area contributed by atoms with E-state index in [0.29, 0.717) is 11.4 Å². The molecule has 0 heterocycles. The molecule has 14 heavy (non-hydrogen) atoms. The smallest absolute Gasteiger partial charge is 0.328 e. The molecular weight excluding hydrogens is 180 g/mol. The maximum absolute atomic E-state index is 10.3. The third kappa shape index (κ3) is 2.26. The fraction of sp³-hybridized carbons (Fsp3) is 0.100. The molecule has 0 bridgehead atoms. The molecule has 0 unspecified atom stereocenters. The van der Waals surface area contributed by atoms with Crippen molar-refractivity contribution in [1.82, 2.24) is 0 Å². The van der Waals surface area contributed by atoms with Crippen molar-refractivity contribution < 1.29 is 9.90 Å². The number of rotatable bonds is 2. The minimum absolute atomic E-state index is 0.459. The van der Waals surface area contributed by atoms with Gasteiger partial charge in [0.15, 0.2) is 0 Å². The summed E-state index contributed by atoms with van der Waals surface area (Å²) >= 11 is 0. The van der Waals surface area contributed by atoms with Gasteiger partial charge in [-0.3, -0.25) is 0 Å². The van der Waals surface area contributed by atoms with Gasteiger partial charge in [0, 0.05) is 6.08 Å². The Kier molecular flexibility index (Phi) is 2.76. The van der Waals surface area contributed by atoms with E-state index < -0.39 is 5.97 Å². The van der Waals surface area contributed by atoms with Crippen LogP contribution in [0.1, 0.15) is 11.1 Å². The first kappa shape index (κ1) is 10.1. The number of carbonyl (C=O) groups is 1. The van der Waals surface area contributed by atoms with Crippen LogP contribution in [0.2, 0.25) is 0 Å². The summed E-state index contributed by atoms with van der Waals surface area (Å²) in [6.45, 7) is 1.84. The van der Waals surface area contributed by atoms with E-state index in [1.807, 2.05) is 6.92 Å². The van der Waals surface area contributed by atoms with Gasteiger partial charge >= 0.3 is 5.97 Å². The fourth-order valence-electron chi connectivity index (χ4n) is 1.11. The highest BCUT2D eigenvalue weighted by atomic mass is 16.4. The number of aryl methyl sites for hydroxylation is 1. The Morgan fingerprint density at radius 1 is 1.36 bits per heavy atom. The number of nitrogen functional groups attached to an aromatic ring is 2. The number of carboxylic acids is 1. The van der Waals surface area contributed by atoms with Crippen molar-refractivity contribution in [3.05, 3.63) is 29.3 Å². The maximum Gasteiger partial charge on any atom is 0.328 e. The van der Waals surface area contributed by atoms with E-state index in [1.54, 1.807) is 12.1 Å². The minimum Gasteiger partial charge on any atom is -0.478 e. The average Bonchev–Trinajstić information content (AvgIpc) is 2.09. The van der Waals surface area contributed by atoms with E-state index in [-0.39, 0.29) is 0 Å². The lowest BCUT2D eigenvalue weighted by atomic mass is 10.1. The van der Waals surface area contributed by atoms with Gasteiger partial charge in [0.2, 0.25) is 0 Å². The summed E-state index contributed by atoms with van der Waals surface area (Å²) in [6.07, 6.45) is 2.56. The van der Waals surface area contributed by atoms with Crippen LogP contribution in [-0.2, 0) is 4.79 Å². The van der Waals surface area contributed by atoms with E-state index in [2.05, 4.69) is 0 Å². The predicted octanol–water partition coefficient (Wildman–Crippen LogP) is 1.26. The van der Waals surface area contributed by atoms with Crippen LogP contribution in [0.3, 0.4) is 0 Å². The van der Waals surface area contributed by atoms with Gasteiger partial charge in [-0.1, -0.05) is 0 Å². The summed E-state index contributed by atoms with van der Waals surface area (Å²) in [6, 6.07) is 3.38. The summed E-state index contributed by atoms with van der Waals surface area (Å²) in [5, 5.41) is 8.45. The number of hydrogen-bond donors (Lipinski definition) is 3. The largest absolute Gasteiger partial charge is 0.478 e. The molecule has 0 radical (unpaired) electrons. The van der Waals surface area contributed by atoms with Gasteiger partial charge in [0.05, 0.1) is 11.4 Å². The van der Waals surface area contributed by atoms with Crippen molar-refractivity contribution in [2.45, 2.75) is 6.92 Å². The zero-order valence-electron chi connectivity index (χ0n) is 7.82. The molecule has 0 saturated carbocycles. The van der Waals surface area contributed by atoms with Gasteiger partial charge in [-0.25, -0.2) is 4.79 Å². The van der Waals surface area contributed by atoms with Crippen LogP contribution in [0.5, 0.6) is 0 Å². The van der Waals surface area contributed by atoms with Crippen LogP contribution < -0.4 is 11.5 Å². The molecule has 74 valence electrons. The second-order valence-corrected chi connectivity index (χ2v) is 3.01. The highest BCUT2D eigenvalue weighted by Gasteiger charge is 2.00. The minimum atomic E-state index is -0.986. The summed E-state index contributed by atoms with van der Waals surface area (Å²) in [5.41, 5.74) is 13.8. The molecule has 0 atom stereocenters. The molecular formula is C10H12N2O2. The first-order valence-corrected chi connectivity index (χ1v) is 4.07. The Morgan fingerprint density at radius 2 is 1.93 bits per heavy atom. The van der Waals surface area contributed by atoms with Crippen LogP contribution in [0.25, 0.3) is 6.08 Å². The number of aliphatic carboxylic acids is 1. The average molecular weight is 192 g/mol. The summed E-state index contributed by atoms with van der Waals surface area (Å²) in [4.78, 5) is 10.3. The molecule has 5 N–H and O–H groups in total. The number of anilines is 2. The van der Waals surface area contributed by atoms with Crippen LogP contribution in [0, 0.1) is 6.92 Å². The number of hydrogen-bond acceptors (Lipinski definition) is 3. The second-order valence-electron chi connectivity index (χ2n) is 3.01. The SMILES string of the molecule is Cc1cc(N)c(N)cc1C=CC(=O)O. The quantitative estimate of drug-likeness (QED) is 0.486. The first-order chi connectivity index (χ1) is 6.50. The summed E-state index contributed by atoms with van der Waals surface area (Å²) in [7, 11) is 0. The standard InChI is InChI=1S/C10H12N2O2/c1-6-4-8(11)9(12)5-7(6)2-3-10(13)14/h2-5H,11-12H2,1H3,(H,13,14). The molecule has 1 aromatic carbocycles. The third-order valence-electron chi connectivity index (χ3n) is 1.88. The number of benzene rings is 1. The van der Waals surface area contributed by atoms with Gasteiger partial charge in [-0.15, -0.1) is 0 Å². The van der Waals surface area contributed by atoms with Crippen molar-refractivity contribution in [2.75, 3.05) is 11.5 Å². The molecule has 0 aliphatic heterocycles. The van der Waals surface area contributed by atoms with Crippen molar-refractivity contribution in [1.29, 1.82) is 0 Å². The number of nitrogens with two attached hydrogens (primary N) is 2. The molecule has 0 amide bonds. The lowest BCUT2D eigenvalue weighted by Crippen LogP contribution is -1.96. The van der Waals surface area contributed by atoms with Crippen LogP contribution in [0.15, 0.2) is 18.2 Å². The second kappa shape index (κ2) is 3.83. The van der Waals surface area contributed by atoms with Crippen molar-refractivity contribution in [3.63, 3.8) is 0 Å². The molecule has 0 spiro atoms. The van der Waals surface area contributed by atoms with Gasteiger partial charge in [0.25, 0.3) is 0 Å². The third-order valence-corrected chi connectivity index (χ3v) is 1.88. The zero-order chi connectivity index (χ0) is 10.7. The highest BCUT2D eigenvalue weighted by Crippen LogP contribution is 2.21. The Morgan fingerprint density at radius 3 is 2.50 bits per heavy atom. The number of carboxylic acid groups (broad SMARTS) is 1. The molecule has 0 aromatic heterocycles. The van der Waals surface area contributed by atoms with Crippen molar-refractivity contribution >= 4 is 23.4 Å². The van der Waals surface area contributed by atoms with Gasteiger partial charge in [0.1, 0.15) is 0 Å². The summed E-state index contributed by atoms with van der Waals surface area (Å²) in [5.74, 6) is -0.986. The first-order valence-electron chi connectivity index (χ1n) is 4.07. The zero-order valence-corrected chi connectivity index (χ0v) is 7.82. The Balaban J connectivity index is 3.10. The van der Waals surface area contributed by atoms with E-state index >= 15 is 0 Å². The lowest BCUT2D eigenvalue weighted by molar-refractivity contribution is -0.131. The highest BCUT2D eigenvalue weighted by molar-refractivity contribution is 5.86. The molecule has 0 saturated heterocycles. The van der Waals surface area contributed by atoms with E-state index in [4.69, 9.17) is 16.6 Å². The van der Waals surface area contributed by atoms with Crippen LogP contribution in [-0.4, -0.2) is 11.1 Å². The Hall–Kier alpha value is -1.97. The van der Waals surface area contributed by atoms with Crippen molar-refractivity contribution in [3.8, 4) is 0 Å². The molecule has 0 fully saturated rings. The summed E-state index contributed by atoms with van der Waals surface area (Å²) < 4.78 is 0. The molecule has 4 heteroatoms. The monoisotopic (exact) mass is 192 g/mol. The molecule has 1 aromatic rings. The van der Waals surface area contributed by atoms with E-state index in [1.165, 1.54) is 6.08 Å². The van der Waals surface area contributed by atoms with Crippen LogP contribution in [0.4, 0.5) is 11.4 Å². The van der Waals surface area contributed by atoms with Gasteiger partial charge in [-0.05, 0) is 36.3 Å². The normalized spacial score (nSPS) is 10.6. The van der Waals surface area contributed by atoms with Gasteiger partial charge in [-0.2, -0.15) is 0 Å². The Bertz CT molecular complexity index is 397. The van der Waals surface area contributed by atoms with Crippen LogP contribution >= 0.6 is 0 Å². The molecule has 4 nitrogen and oxygen atoms in total. The fourth-order valence-corrected chi connectivity index (χ4v) is 1.11. The molecule has 1 rings (SSSR count). The maximum atomic E-state index is 10.3.